The summed E-state index contributed by atoms with van der Waals surface area (Å²) in [5, 5.41) is 7.07. The molecule has 1 amide bonds. The lowest BCUT2D eigenvalue weighted by Gasteiger charge is -2.16. The van der Waals surface area contributed by atoms with Crippen LogP contribution in [-0.2, 0) is 7.05 Å². The van der Waals surface area contributed by atoms with Gasteiger partial charge in [0.2, 0.25) is 0 Å². The van der Waals surface area contributed by atoms with Crippen LogP contribution >= 0.6 is 0 Å². The Morgan fingerprint density at radius 1 is 1.56 bits per heavy atom. The van der Waals surface area contributed by atoms with Crippen LogP contribution in [0, 0.1) is 6.92 Å². The lowest BCUT2D eigenvalue weighted by molar-refractivity contribution is 0.0905. The van der Waals surface area contributed by atoms with Crippen molar-refractivity contribution >= 4 is 5.91 Å². The predicted molar refractivity (Wildman–Crippen MR) is 67.2 cm³/mol. The van der Waals surface area contributed by atoms with E-state index in [4.69, 9.17) is 4.42 Å². The van der Waals surface area contributed by atoms with E-state index in [1.165, 1.54) is 6.26 Å². The molecule has 2 heterocycles. The summed E-state index contributed by atoms with van der Waals surface area (Å²) in [7, 11) is 1.86. The van der Waals surface area contributed by atoms with Gasteiger partial charge in [0.15, 0.2) is 5.76 Å². The van der Waals surface area contributed by atoms with Crippen molar-refractivity contribution in [2.24, 2.45) is 7.05 Å². The SMILES string of the molecule is CC[C@@H](NC(=O)c1occc1C)c1ccnn1C. The van der Waals surface area contributed by atoms with Crippen molar-refractivity contribution in [2.75, 3.05) is 0 Å². The van der Waals surface area contributed by atoms with Gasteiger partial charge in [-0.05, 0) is 25.5 Å². The third-order valence-electron chi connectivity index (χ3n) is 3.00. The van der Waals surface area contributed by atoms with E-state index in [0.29, 0.717) is 5.76 Å². The van der Waals surface area contributed by atoms with E-state index in [2.05, 4.69) is 10.4 Å². The molecule has 5 nitrogen and oxygen atoms in total. The molecule has 2 aromatic heterocycles. The van der Waals surface area contributed by atoms with Gasteiger partial charge in [0.25, 0.3) is 5.91 Å². The normalized spacial score (nSPS) is 12.4. The largest absolute Gasteiger partial charge is 0.459 e. The number of aromatic nitrogens is 2. The Hall–Kier alpha value is -2.04. The van der Waals surface area contributed by atoms with Gasteiger partial charge in [-0.15, -0.1) is 0 Å². The molecular weight excluding hydrogens is 230 g/mol. The minimum absolute atomic E-state index is 0.0606. The van der Waals surface area contributed by atoms with Crippen LogP contribution in [0.2, 0.25) is 0 Å². The van der Waals surface area contributed by atoms with Crippen LogP contribution in [0.1, 0.15) is 41.2 Å². The van der Waals surface area contributed by atoms with Crippen molar-refractivity contribution in [3.05, 3.63) is 41.6 Å². The number of hydrogen-bond donors (Lipinski definition) is 1. The average molecular weight is 247 g/mol. The average Bonchev–Trinajstić information content (AvgIpc) is 2.95. The van der Waals surface area contributed by atoms with E-state index in [1.807, 2.05) is 27.0 Å². The van der Waals surface area contributed by atoms with Crippen molar-refractivity contribution < 1.29 is 9.21 Å². The molecule has 0 aliphatic heterocycles. The summed E-state index contributed by atoms with van der Waals surface area (Å²) in [5.41, 5.74) is 1.82. The van der Waals surface area contributed by atoms with E-state index in [0.717, 1.165) is 17.7 Å². The van der Waals surface area contributed by atoms with Gasteiger partial charge < -0.3 is 9.73 Å². The Morgan fingerprint density at radius 3 is 2.83 bits per heavy atom. The fraction of sp³-hybridized carbons (Fsp3) is 0.385. The summed E-state index contributed by atoms with van der Waals surface area (Å²) in [6.45, 7) is 3.87. The molecule has 1 N–H and O–H groups in total. The van der Waals surface area contributed by atoms with E-state index < -0.39 is 0 Å². The number of carbonyl (C=O) groups excluding carboxylic acids is 1. The van der Waals surface area contributed by atoms with Gasteiger partial charge in [-0.1, -0.05) is 6.92 Å². The van der Waals surface area contributed by atoms with Crippen molar-refractivity contribution in [3.8, 4) is 0 Å². The zero-order valence-corrected chi connectivity index (χ0v) is 10.8. The molecule has 2 rings (SSSR count). The summed E-state index contributed by atoms with van der Waals surface area (Å²) in [6, 6.07) is 3.62. The maximum Gasteiger partial charge on any atom is 0.287 e. The monoisotopic (exact) mass is 247 g/mol. The van der Waals surface area contributed by atoms with E-state index in [9.17, 15) is 4.79 Å². The van der Waals surface area contributed by atoms with Crippen LogP contribution in [0.3, 0.4) is 0 Å². The Bertz CT molecular complexity index is 542. The maximum atomic E-state index is 12.1. The molecule has 0 unspecified atom stereocenters. The fourth-order valence-electron chi connectivity index (χ4n) is 1.94. The number of nitrogens with one attached hydrogen (secondary N) is 1. The first-order valence-electron chi connectivity index (χ1n) is 5.96. The molecule has 1 atom stereocenters. The number of carbonyl (C=O) groups is 1. The molecule has 5 heteroatoms. The summed E-state index contributed by atoms with van der Waals surface area (Å²) in [5.74, 6) is 0.182. The molecule has 0 fully saturated rings. The van der Waals surface area contributed by atoms with Gasteiger partial charge in [0, 0.05) is 18.8 Å². The number of nitrogens with zero attached hydrogens (tertiary/aromatic N) is 2. The zero-order chi connectivity index (χ0) is 13.1. The van der Waals surface area contributed by atoms with E-state index in [1.54, 1.807) is 16.9 Å². The molecule has 0 aliphatic carbocycles. The summed E-state index contributed by atoms with van der Waals surface area (Å²) < 4.78 is 6.95. The predicted octanol–water partition coefficient (Wildman–Crippen LogP) is 2.20. The number of rotatable bonds is 4. The van der Waals surface area contributed by atoms with E-state index in [-0.39, 0.29) is 11.9 Å². The van der Waals surface area contributed by atoms with Gasteiger partial charge >= 0.3 is 0 Å². The summed E-state index contributed by atoms with van der Waals surface area (Å²) in [6.07, 6.45) is 4.04. The number of amides is 1. The van der Waals surface area contributed by atoms with Crippen LogP contribution in [0.5, 0.6) is 0 Å². The second-order valence-electron chi connectivity index (χ2n) is 4.25. The van der Waals surface area contributed by atoms with Crippen LogP contribution in [0.15, 0.2) is 29.0 Å². The van der Waals surface area contributed by atoms with Crippen molar-refractivity contribution in [2.45, 2.75) is 26.3 Å². The molecule has 0 saturated heterocycles. The van der Waals surface area contributed by atoms with Gasteiger partial charge in [-0.2, -0.15) is 5.10 Å². The molecule has 0 aliphatic rings. The third-order valence-corrected chi connectivity index (χ3v) is 3.00. The summed E-state index contributed by atoms with van der Waals surface area (Å²) >= 11 is 0. The number of furan rings is 1. The number of hydrogen-bond acceptors (Lipinski definition) is 3. The first kappa shape index (κ1) is 12.4. The molecule has 0 bridgehead atoms. The Morgan fingerprint density at radius 2 is 2.33 bits per heavy atom. The van der Waals surface area contributed by atoms with Gasteiger partial charge in [0.05, 0.1) is 18.0 Å². The van der Waals surface area contributed by atoms with Crippen LogP contribution in [-0.4, -0.2) is 15.7 Å². The highest BCUT2D eigenvalue weighted by molar-refractivity contribution is 5.93. The van der Waals surface area contributed by atoms with Crippen molar-refractivity contribution in [3.63, 3.8) is 0 Å². The molecule has 0 saturated carbocycles. The molecular formula is C13H17N3O2. The quantitative estimate of drug-likeness (QED) is 0.901. The highest BCUT2D eigenvalue weighted by Crippen LogP contribution is 2.17. The highest BCUT2D eigenvalue weighted by atomic mass is 16.3. The van der Waals surface area contributed by atoms with Crippen LogP contribution < -0.4 is 5.32 Å². The zero-order valence-electron chi connectivity index (χ0n) is 10.8. The Balaban J connectivity index is 2.15. The molecule has 0 radical (unpaired) electrons. The molecule has 18 heavy (non-hydrogen) atoms. The Labute approximate surface area is 106 Å². The van der Waals surface area contributed by atoms with E-state index >= 15 is 0 Å². The minimum atomic E-state index is -0.189. The summed E-state index contributed by atoms with van der Waals surface area (Å²) in [4.78, 5) is 12.1. The van der Waals surface area contributed by atoms with Gasteiger partial charge in [-0.25, -0.2) is 0 Å². The first-order valence-corrected chi connectivity index (χ1v) is 5.96. The molecule has 96 valence electrons. The molecule has 0 aromatic carbocycles. The van der Waals surface area contributed by atoms with Crippen molar-refractivity contribution in [1.82, 2.24) is 15.1 Å². The topological polar surface area (TPSA) is 60.1 Å². The lowest BCUT2D eigenvalue weighted by atomic mass is 10.1. The third kappa shape index (κ3) is 2.30. The second-order valence-corrected chi connectivity index (χ2v) is 4.25. The van der Waals surface area contributed by atoms with Crippen molar-refractivity contribution in [1.29, 1.82) is 0 Å². The minimum Gasteiger partial charge on any atom is -0.459 e. The number of aryl methyl sites for hydroxylation is 2. The maximum absolute atomic E-state index is 12.1. The lowest BCUT2D eigenvalue weighted by Crippen LogP contribution is -2.29. The highest BCUT2D eigenvalue weighted by Gasteiger charge is 2.19. The van der Waals surface area contributed by atoms with Crippen LogP contribution in [0.4, 0.5) is 0 Å². The smallest absolute Gasteiger partial charge is 0.287 e. The fourth-order valence-corrected chi connectivity index (χ4v) is 1.94. The van der Waals surface area contributed by atoms with Crippen LogP contribution in [0.25, 0.3) is 0 Å². The molecule has 2 aromatic rings. The van der Waals surface area contributed by atoms with Gasteiger partial charge in [0.1, 0.15) is 0 Å². The first-order chi connectivity index (χ1) is 8.63. The second kappa shape index (κ2) is 5.08. The molecule has 0 spiro atoms. The van der Waals surface area contributed by atoms with Gasteiger partial charge in [-0.3, -0.25) is 9.48 Å². The standard InChI is InChI=1S/C13H17N3O2/c1-4-10(11-5-7-14-16(11)3)15-13(17)12-9(2)6-8-18-12/h5-8,10H,4H2,1-3H3,(H,15,17)/t10-/m1/s1. The Kier molecular flexibility index (Phi) is 3.50.